The summed E-state index contributed by atoms with van der Waals surface area (Å²) in [5.41, 5.74) is 1.64. The fraction of sp³-hybridized carbons (Fsp3) is 0.846. The quantitative estimate of drug-likeness (QED) is 0.619. The van der Waals surface area contributed by atoms with E-state index in [0.717, 1.165) is 12.8 Å². The molecular formula is C13H20O2. The van der Waals surface area contributed by atoms with Crippen LogP contribution in [0.2, 0.25) is 0 Å². The van der Waals surface area contributed by atoms with E-state index >= 15 is 0 Å². The molecular weight excluding hydrogens is 188 g/mol. The van der Waals surface area contributed by atoms with Gasteiger partial charge in [0.15, 0.2) is 6.29 Å². The Morgan fingerprint density at radius 2 is 2.27 bits per heavy atom. The minimum absolute atomic E-state index is 0.237. The molecule has 6 atom stereocenters. The van der Waals surface area contributed by atoms with Gasteiger partial charge >= 0.3 is 0 Å². The molecule has 1 N–H and O–H groups in total. The lowest BCUT2D eigenvalue weighted by atomic mass is 9.53. The van der Waals surface area contributed by atoms with Crippen LogP contribution in [0, 0.1) is 23.2 Å². The van der Waals surface area contributed by atoms with Crippen LogP contribution in [-0.4, -0.2) is 17.5 Å². The van der Waals surface area contributed by atoms with Crippen LogP contribution in [0.4, 0.5) is 0 Å². The second-order valence-electron chi connectivity index (χ2n) is 5.87. The molecule has 0 aromatic heterocycles. The lowest BCUT2D eigenvalue weighted by Gasteiger charge is -2.51. The van der Waals surface area contributed by atoms with E-state index in [0.29, 0.717) is 23.2 Å². The lowest BCUT2D eigenvalue weighted by Crippen LogP contribution is -2.46. The molecule has 2 saturated carbocycles. The normalized spacial score (nSPS) is 58.3. The molecule has 15 heavy (non-hydrogen) atoms. The van der Waals surface area contributed by atoms with Gasteiger partial charge in [-0.05, 0) is 30.6 Å². The number of aliphatic hydroxyl groups is 1. The van der Waals surface area contributed by atoms with E-state index in [1.54, 1.807) is 0 Å². The van der Waals surface area contributed by atoms with Crippen LogP contribution in [0.25, 0.3) is 0 Å². The minimum Gasteiger partial charge on any atom is -0.368 e. The van der Waals surface area contributed by atoms with Gasteiger partial charge in [0, 0.05) is 11.8 Å². The smallest absolute Gasteiger partial charge is 0.158 e. The minimum atomic E-state index is -0.536. The standard InChI is InChI=1S/C13H20O2/c1-7-6-10-11-8(2)13(7,3)5-4-9(11)12(14)15-10/h7,9-12,14H,2,4-6H2,1,3H3/t7?,9-,10+,11?,12-,13?/m0/s1. The third-order valence-corrected chi connectivity index (χ3v) is 5.35. The summed E-state index contributed by atoms with van der Waals surface area (Å²) in [7, 11) is 0. The topological polar surface area (TPSA) is 29.5 Å². The molecule has 0 aromatic rings. The molecule has 84 valence electrons. The maximum Gasteiger partial charge on any atom is 0.158 e. The summed E-state index contributed by atoms with van der Waals surface area (Å²) in [6.45, 7) is 8.95. The van der Waals surface area contributed by atoms with E-state index in [2.05, 4.69) is 20.4 Å². The molecule has 2 nitrogen and oxygen atoms in total. The van der Waals surface area contributed by atoms with Gasteiger partial charge in [0.25, 0.3) is 0 Å². The number of hydrogen-bond donors (Lipinski definition) is 1. The highest BCUT2D eigenvalue weighted by molar-refractivity contribution is 5.25. The van der Waals surface area contributed by atoms with Gasteiger partial charge in [0.1, 0.15) is 0 Å². The van der Waals surface area contributed by atoms with E-state index in [9.17, 15) is 5.11 Å². The molecule has 3 fully saturated rings. The molecule has 3 aliphatic rings. The second kappa shape index (κ2) is 2.86. The predicted molar refractivity (Wildman–Crippen MR) is 58.1 cm³/mol. The molecule has 0 aromatic carbocycles. The molecule has 3 unspecified atom stereocenters. The van der Waals surface area contributed by atoms with Gasteiger partial charge in [-0.15, -0.1) is 0 Å². The summed E-state index contributed by atoms with van der Waals surface area (Å²) >= 11 is 0. The van der Waals surface area contributed by atoms with Crippen LogP contribution < -0.4 is 0 Å². The third kappa shape index (κ3) is 1.07. The van der Waals surface area contributed by atoms with Crippen LogP contribution in [0.5, 0.6) is 0 Å². The van der Waals surface area contributed by atoms with Crippen molar-refractivity contribution in [3.8, 4) is 0 Å². The fourth-order valence-corrected chi connectivity index (χ4v) is 4.00. The van der Waals surface area contributed by atoms with E-state index in [1.807, 2.05) is 0 Å². The Hall–Kier alpha value is -0.340. The van der Waals surface area contributed by atoms with Crippen LogP contribution in [0.1, 0.15) is 33.1 Å². The lowest BCUT2D eigenvalue weighted by molar-refractivity contribution is -0.111. The highest BCUT2D eigenvalue weighted by Crippen LogP contribution is 2.60. The van der Waals surface area contributed by atoms with Crippen molar-refractivity contribution in [3.63, 3.8) is 0 Å². The van der Waals surface area contributed by atoms with Gasteiger partial charge in [-0.1, -0.05) is 26.0 Å². The molecule has 2 heteroatoms. The number of rotatable bonds is 0. The molecule has 2 bridgehead atoms. The number of fused-ring (bicyclic) bond motifs is 1. The number of hydrogen-bond acceptors (Lipinski definition) is 2. The SMILES string of the molecule is C=C1C2[C@H]3CC(C)C1(C)CC[C@@H]2[C@@H](O)O3. The van der Waals surface area contributed by atoms with Crippen molar-refractivity contribution in [1.82, 2.24) is 0 Å². The van der Waals surface area contributed by atoms with E-state index in [4.69, 9.17) is 4.74 Å². The van der Waals surface area contributed by atoms with Crippen LogP contribution >= 0.6 is 0 Å². The van der Waals surface area contributed by atoms with E-state index in [1.165, 1.54) is 12.0 Å². The molecule has 0 spiro atoms. The van der Waals surface area contributed by atoms with E-state index < -0.39 is 6.29 Å². The molecule has 2 aliphatic carbocycles. The van der Waals surface area contributed by atoms with Crippen LogP contribution in [-0.2, 0) is 4.74 Å². The van der Waals surface area contributed by atoms with Crippen molar-refractivity contribution in [3.05, 3.63) is 12.2 Å². The maximum atomic E-state index is 9.87. The fourth-order valence-electron chi connectivity index (χ4n) is 4.00. The van der Waals surface area contributed by atoms with Crippen molar-refractivity contribution in [2.45, 2.75) is 45.5 Å². The van der Waals surface area contributed by atoms with Gasteiger partial charge in [-0.25, -0.2) is 0 Å². The van der Waals surface area contributed by atoms with Crippen LogP contribution in [0.3, 0.4) is 0 Å². The Labute approximate surface area is 91.3 Å². The summed E-state index contributed by atoms with van der Waals surface area (Å²) in [5.74, 6) is 1.38. The Balaban J connectivity index is 2.02. The summed E-state index contributed by atoms with van der Waals surface area (Å²) < 4.78 is 5.68. The van der Waals surface area contributed by atoms with Crippen molar-refractivity contribution in [1.29, 1.82) is 0 Å². The zero-order chi connectivity index (χ0) is 10.8. The summed E-state index contributed by atoms with van der Waals surface area (Å²) in [4.78, 5) is 0. The van der Waals surface area contributed by atoms with Crippen LogP contribution in [0.15, 0.2) is 12.2 Å². The zero-order valence-corrected chi connectivity index (χ0v) is 9.57. The summed E-state index contributed by atoms with van der Waals surface area (Å²) in [6.07, 6.45) is 3.06. The first-order valence-corrected chi connectivity index (χ1v) is 6.07. The largest absolute Gasteiger partial charge is 0.368 e. The van der Waals surface area contributed by atoms with Gasteiger partial charge < -0.3 is 9.84 Å². The molecule has 1 aliphatic heterocycles. The summed E-state index contributed by atoms with van der Waals surface area (Å²) in [6, 6.07) is 0. The Bertz CT molecular complexity index is 312. The summed E-state index contributed by atoms with van der Waals surface area (Å²) in [5, 5.41) is 9.87. The Kier molecular flexibility index (Phi) is 1.88. The average molecular weight is 208 g/mol. The molecule has 0 amide bonds. The van der Waals surface area contributed by atoms with E-state index in [-0.39, 0.29) is 6.10 Å². The monoisotopic (exact) mass is 208 g/mol. The second-order valence-corrected chi connectivity index (χ2v) is 5.87. The Morgan fingerprint density at radius 3 is 3.00 bits per heavy atom. The third-order valence-electron chi connectivity index (χ3n) is 5.35. The maximum absolute atomic E-state index is 9.87. The first-order valence-electron chi connectivity index (χ1n) is 6.07. The van der Waals surface area contributed by atoms with Crippen molar-refractivity contribution in [2.75, 3.05) is 0 Å². The van der Waals surface area contributed by atoms with Gasteiger partial charge in [0.2, 0.25) is 0 Å². The van der Waals surface area contributed by atoms with Gasteiger partial charge in [-0.3, -0.25) is 0 Å². The predicted octanol–water partition coefficient (Wildman–Crippen LogP) is 2.33. The van der Waals surface area contributed by atoms with Crippen molar-refractivity contribution in [2.24, 2.45) is 23.2 Å². The van der Waals surface area contributed by atoms with Crippen molar-refractivity contribution >= 4 is 0 Å². The highest BCUT2D eigenvalue weighted by atomic mass is 16.6. The van der Waals surface area contributed by atoms with Gasteiger partial charge in [-0.2, -0.15) is 0 Å². The highest BCUT2D eigenvalue weighted by Gasteiger charge is 2.57. The Morgan fingerprint density at radius 1 is 1.53 bits per heavy atom. The zero-order valence-electron chi connectivity index (χ0n) is 9.57. The first kappa shape index (κ1) is 9.86. The number of ether oxygens (including phenoxy) is 1. The number of aliphatic hydroxyl groups excluding tert-OH is 1. The molecule has 0 radical (unpaired) electrons. The average Bonchev–Trinajstić information content (AvgIpc) is 2.49. The van der Waals surface area contributed by atoms with Crippen molar-refractivity contribution < 1.29 is 9.84 Å². The molecule has 1 saturated heterocycles. The molecule has 1 heterocycles. The first-order chi connectivity index (χ1) is 7.04. The van der Waals surface area contributed by atoms with Gasteiger partial charge in [0.05, 0.1) is 6.10 Å². The molecule has 3 rings (SSSR count).